The molecule has 2 aromatic rings. The largest absolute Gasteiger partial charge is 0.493 e. The van der Waals surface area contributed by atoms with Gasteiger partial charge in [-0.25, -0.2) is 9.79 Å². The number of furan rings is 1. The number of carbonyl (C=O) groups excluding carboxylic acids is 1. The van der Waals surface area contributed by atoms with E-state index in [1.807, 2.05) is 0 Å². The molecule has 1 aromatic heterocycles. The van der Waals surface area contributed by atoms with Gasteiger partial charge in [0.05, 0.1) is 27.6 Å². The molecule has 0 fully saturated rings. The standard InChI is InChI=1S/C17H15NO6/c1-20-13-8-10(9-14(21-2)15(13)22-3)7-11-17(19)24-16(18-11)12-5-4-6-23-12/h4-9H,1-3H3/b11-7-. The molecule has 0 bridgehead atoms. The number of methoxy groups -OCH3 is 3. The highest BCUT2D eigenvalue weighted by molar-refractivity contribution is 6.11. The number of benzene rings is 1. The Balaban J connectivity index is 2.00. The smallest absolute Gasteiger partial charge is 0.363 e. The van der Waals surface area contributed by atoms with Gasteiger partial charge >= 0.3 is 5.97 Å². The Kier molecular flexibility index (Phi) is 4.24. The quantitative estimate of drug-likeness (QED) is 0.620. The molecule has 0 amide bonds. The average molecular weight is 329 g/mol. The molecular weight excluding hydrogens is 314 g/mol. The lowest BCUT2D eigenvalue weighted by Gasteiger charge is -2.12. The van der Waals surface area contributed by atoms with Crippen LogP contribution in [0.5, 0.6) is 17.2 Å². The fourth-order valence-corrected chi connectivity index (χ4v) is 2.26. The third-order valence-electron chi connectivity index (χ3n) is 3.34. The summed E-state index contributed by atoms with van der Waals surface area (Å²) < 4.78 is 26.1. The van der Waals surface area contributed by atoms with Crippen molar-refractivity contribution in [3.8, 4) is 17.2 Å². The van der Waals surface area contributed by atoms with Crippen LogP contribution in [0.1, 0.15) is 11.3 Å². The van der Waals surface area contributed by atoms with Crippen molar-refractivity contribution in [3.63, 3.8) is 0 Å². The number of nitrogens with zero attached hydrogens (tertiary/aromatic N) is 1. The molecular formula is C17H15NO6. The maximum atomic E-state index is 12.0. The van der Waals surface area contributed by atoms with Crippen molar-refractivity contribution in [1.29, 1.82) is 0 Å². The Morgan fingerprint density at radius 3 is 2.33 bits per heavy atom. The molecule has 0 radical (unpaired) electrons. The average Bonchev–Trinajstić information content (AvgIpc) is 3.24. The molecule has 1 aromatic carbocycles. The van der Waals surface area contributed by atoms with E-state index < -0.39 is 5.97 Å². The van der Waals surface area contributed by atoms with Crippen LogP contribution in [0, 0.1) is 0 Å². The zero-order chi connectivity index (χ0) is 17.1. The molecule has 24 heavy (non-hydrogen) atoms. The maximum Gasteiger partial charge on any atom is 0.363 e. The van der Waals surface area contributed by atoms with Crippen molar-refractivity contribution in [3.05, 3.63) is 47.5 Å². The number of esters is 1. The van der Waals surface area contributed by atoms with Crippen LogP contribution >= 0.6 is 0 Å². The zero-order valence-electron chi connectivity index (χ0n) is 13.4. The van der Waals surface area contributed by atoms with Gasteiger partial charge in [0, 0.05) is 0 Å². The second-order valence-electron chi connectivity index (χ2n) is 4.77. The highest BCUT2D eigenvalue weighted by atomic mass is 16.6. The molecule has 0 atom stereocenters. The van der Waals surface area contributed by atoms with E-state index in [-0.39, 0.29) is 11.6 Å². The molecule has 2 heterocycles. The predicted octanol–water partition coefficient (Wildman–Crippen LogP) is 2.65. The van der Waals surface area contributed by atoms with Gasteiger partial charge in [-0.15, -0.1) is 0 Å². The van der Waals surface area contributed by atoms with Crippen LogP contribution in [-0.4, -0.2) is 33.2 Å². The van der Waals surface area contributed by atoms with Crippen LogP contribution in [0.3, 0.4) is 0 Å². The van der Waals surface area contributed by atoms with Crippen LogP contribution in [0.4, 0.5) is 0 Å². The van der Waals surface area contributed by atoms with E-state index in [2.05, 4.69) is 4.99 Å². The van der Waals surface area contributed by atoms with Gasteiger partial charge in [-0.1, -0.05) is 0 Å². The monoisotopic (exact) mass is 329 g/mol. The first-order valence-electron chi connectivity index (χ1n) is 7.02. The van der Waals surface area contributed by atoms with Gasteiger partial charge < -0.3 is 23.4 Å². The fraction of sp³-hybridized carbons (Fsp3) is 0.176. The summed E-state index contributed by atoms with van der Waals surface area (Å²) in [7, 11) is 4.56. The van der Waals surface area contributed by atoms with Crippen molar-refractivity contribution < 1.29 is 28.2 Å². The van der Waals surface area contributed by atoms with Crippen molar-refractivity contribution >= 4 is 17.9 Å². The lowest BCUT2D eigenvalue weighted by Crippen LogP contribution is -2.04. The predicted molar refractivity (Wildman–Crippen MR) is 85.4 cm³/mol. The number of ether oxygens (including phenoxy) is 4. The first kappa shape index (κ1) is 15.7. The minimum Gasteiger partial charge on any atom is -0.493 e. The highest BCUT2D eigenvalue weighted by Crippen LogP contribution is 2.39. The van der Waals surface area contributed by atoms with Gasteiger partial charge in [0.15, 0.2) is 23.0 Å². The van der Waals surface area contributed by atoms with E-state index in [1.54, 1.807) is 30.3 Å². The lowest BCUT2D eigenvalue weighted by atomic mass is 10.1. The topological polar surface area (TPSA) is 79.5 Å². The van der Waals surface area contributed by atoms with Crippen molar-refractivity contribution in [1.82, 2.24) is 0 Å². The maximum absolute atomic E-state index is 12.0. The minimum atomic E-state index is -0.560. The number of rotatable bonds is 5. The summed E-state index contributed by atoms with van der Waals surface area (Å²) in [6, 6.07) is 6.77. The Labute approximate surface area is 138 Å². The summed E-state index contributed by atoms with van der Waals surface area (Å²) in [6.07, 6.45) is 3.05. The van der Waals surface area contributed by atoms with Crippen molar-refractivity contribution in [2.24, 2.45) is 4.99 Å². The van der Waals surface area contributed by atoms with E-state index in [9.17, 15) is 4.79 Å². The van der Waals surface area contributed by atoms with Crippen LogP contribution in [-0.2, 0) is 9.53 Å². The van der Waals surface area contributed by atoms with Gasteiger partial charge in [-0.2, -0.15) is 0 Å². The summed E-state index contributed by atoms with van der Waals surface area (Å²) in [5, 5.41) is 0. The molecule has 0 saturated carbocycles. The summed E-state index contributed by atoms with van der Waals surface area (Å²) in [6.45, 7) is 0. The summed E-state index contributed by atoms with van der Waals surface area (Å²) in [4.78, 5) is 16.1. The van der Waals surface area contributed by atoms with Crippen LogP contribution in [0.2, 0.25) is 0 Å². The molecule has 0 spiro atoms. The number of hydrogen-bond acceptors (Lipinski definition) is 7. The van der Waals surface area contributed by atoms with Gasteiger partial charge in [-0.3, -0.25) is 0 Å². The minimum absolute atomic E-state index is 0.128. The Morgan fingerprint density at radius 1 is 1.08 bits per heavy atom. The van der Waals surface area contributed by atoms with Gasteiger partial charge in [0.1, 0.15) is 0 Å². The molecule has 1 aliphatic rings. The summed E-state index contributed by atoms with van der Waals surface area (Å²) in [5.74, 6) is 1.38. The summed E-state index contributed by atoms with van der Waals surface area (Å²) in [5.41, 5.74) is 0.802. The summed E-state index contributed by atoms with van der Waals surface area (Å²) >= 11 is 0. The second-order valence-corrected chi connectivity index (χ2v) is 4.77. The Morgan fingerprint density at radius 2 is 1.79 bits per heavy atom. The van der Waals surface area contributed by atoms with Crippen molar-refractivity contribution in [2.75, 3.05) is 21.3 Å². The van der Waals surface area contributed by atoms with E-state index in [0.29, 0.717) is 28.6 Å². The van der Waals surface area contributed by atoms with E-state index in [4.69, 9.17) is 23.4 Å². The Bertz CT molecular complexity index is 795. The molecule has 0 aliphatic carbocycles. The van der Waals surface area contributed by atoms with Crippen LogP contribution < -0.4 is 14.2 Å². The third kappa shape index (κ3) is 2.83. The van der Waals surface area contributed by atoms with Crippen LogP contribution in [0.15, 0.2) is 45.6 Å². The molecule has 124 valence electrons. The first-order chi connectivity index (χ1) is 11.7. The van der Waals surface area contributed by atoms with E-state index >= 15 is 0 Å². The molecule has 0 saturated heterocycles. The van der Waals surface area contributed by atoms with Crippen LogP contribution in [0.25, 0.3) is 6.08 Å². The van der Waals surface area contributed by atoms with Gasteiger partial charge in [0.25, 0.3) is 5.90 Å². The Hall–Kier alpha value is -3.22. The lowest BCUT2D eigenvalue weighted by molar-refractivity contribution is -0.130. The fourth-order valence-electron chi connectivity index (χ4n) is 2.26. The molecule has 3 rings (SSSR count). The zero-order valence-corrected chi connectivity index (χ0v) is 13.4. The number of hydrogen-bond donors (Lipinski definition) is 0. The highest BCUT2D eigenvalue weighted by Gasteiger charge is 2.26. The van der Waals surface area contributed by atoms with Crippen molar-refractivity contribution in [2.45, 2.75) is 0 Å². The van der Waals surface area contributed by atoms with Gasteiger partial charge in [0.2, 0.25) is 5.75 Å². The molecule has 0 N–H and O–H groups in total. The van der Waals surface area contributed by atoms with E-state index in [0.717, 1.165) is 0 Å². The second kappa shape index (κ2) is 6.49. The number of carbonyl (C=O) groups is 1. The molecule has 7 heteroatoms. The van der Waals surface area contributed by atoms with E-state index in [1.165, 1.54) is 27.6 Å². The number of aliphatic imine (C=N–C) groups is 1. The van der Waals surface area contributed by atoms with Gasteiger partial charge in [-0.05, 0) is 35.9 Å². The third-order valence-corrected chi connectivity index (χ3v) is 3.34. The normalized spacial score (nSPS) is 15.2. The first-order valence-corrected chi connectivity index (χ1v) is 7.02. The molecule has 7 nitrogen and oxygen atoms in total. The SMILES string of the molecule is COc1cc(/C=C2\N=C(c3ccco3)OC2=O)cc(OC)c1OC. The molecule has 0 unspecified atom stereocenters. The number of cyclic esters (lactones) is 1. The molecule has 1 aliphatic heterocycles.